The van der Waals surface area contributed by atoms with E-state index in [-0.39, 0.29) is 17.3 Å². The van der Waals surface area contributed by atoms with Crippen LogP contribution in [0.15, 0.2) is 88.2 Å². The van der Waals surface area contributed by atoms with Crippen molar-refractivity contribution in [3.8, 4) is 0 Å². The predicted octanol–water partition coefficient (Wildman–Crippen LogP) is 4.85. The van der Waals surface area contributed by atoms with E-state index >= 15 is 0 Å². The average molecular weight is 593 g/mol. The van der Waals surface area contributed by atoms with Gasteiger partial charge < -0.3 is 10.2 Å². The maximum atomic E-state index is 13.7. The Hall–Kier alpha value is -2.88. The van der Waals surface area contributed by atoms with Crippen molar-refractivity contribution in [2.75, 3.05) is 17.4 Å². The highest BCUT2D eigenvalue weighted by Crippen LogP contribution is 2.25. The quantitative estimate of drug-likeness (QED) is 0.365. The van der Waals surface area contributed by atoms with Gasteiger partial charge in [-0.3, -0.25) is 13.9 Å². The largest absolute Gasteiger partial charge is 0.355 e. The molecule has 190 valence electrons. The lowest BCUT2D eigenvalue weighted by Crippen LogP contribution is -2.51. The third-order valence-electron chi connectivity index (χ3n) is 5.51. The molecule has 2 amide bonds. The van der Waals surface area contributed by atoms with Crippen LogP contribution in [0, 0.1) is 0 Å². The van der Waals surface area contributed by atoms with Gasteiger partial charge in [0, 0.05) is 22.6 Å². The van der Waals surface area contributed by atoms with Crippen LogP contribution < -0.4 is 9.62 Å². The number of hydrogen-bond donors (Lipinski definition) is 1. The van der Waals surface area contributed by atoms with Gasteiger partial charge in [-0.15, -0.1) is 0 Å². The fourth-order valence-corrected chi connectivity index (χ4v) is 5.35. The van der Waals surface area contributed by atoms with Crippen molar-refractivity contribution in [2.24, 2.45) is 0 Å². The summed E-state index contributed by atoms with van der Waals surface area (Å²) in [6, 6.07) is 20.7. The molecular weight excluding hydrogens is 566 g/mol. The third-order valence-corrected chi connectivity index (χ3v) is 8.08. The Balaban J connectivity index is 1.99. The average Bonchev–Trinajstić information content (AvgIpc) is 2.87. The fraction of sp³-hybridized carbons (Fsp3) is 0.231. The zero-order valence-electron chi connectivity index (χ0n) is 19.9. The lowest BCUT2D eigenvalue weighted by Gasteiger charge is -2.32. The molecule has 0 aromatic heterocycles. The molecule has 0 radical (unpaired) electrons. The van der Waals surface area contributed by atoms with Crippen molar-refractivity contribution in [1.82, 2.24) is 10.2 Å². The molecule has 3 rings (SSSR count). The van der Waals surface area contributed by atoms with Crippen LogP contribution in [0.3, 0.4) is 0 Å². The Kier molecular flexibility index (Phi) is 9.53. The monoisotopic (exact) mass is 591 g/mol. The first-order chi connectivity index (χ1) is 17.1. The van der Waals surface area contributed by atoms with Gasteiger partial charge in [0.1, 0.15) is 12.6 Å². The van der Waals surface area contributed by atoms with Gasteiger partial charge in [-0.05, 0) is 67.9 Å². The molecule has 0 saturated carbocycles. The van der Waals surface area contributed by atoms with E-state index in [4.69, 9.17) is 11.6 Å². The minimum Gasteiger partial charge on any atom is -0.355 e. The summed E-state index contributed by atoms with van der Waals surface area (Å²) < 4.78 is 29.2. The van der Waals surface area contributed by atoms with Gasteiger partial charge in [-0.2, -0.15) is 0 Å². The van der Waals surface area contributed by atoms with E-state index in [0.717, 1.165) is 14.3 Å². The van der Waals surface area contributed by atoms with Gasteiger partial charge in [0.2, 0.25) is 11.8 Å². The number of carbonyl (C=O) groups is 2. The molecule has 7 nitrogen and oxygen atoms in total. The van der Waals surface area contributed by atoms with Crippen molar-refractivity contribution >= 4 is 55.1 Å². The zero-order chi connectivity index (χ0) is 26.3. The highest BCUT2D eigenvalue weighted by molar-refractivity contribution is 9.10. The van der Waals surface area contributed by atoms with E-state index in [2.05, 4.69) is 21.2 Å². The molecular formula is C26H27BrClN3O4S. The number of halogens is 2. The number of nitrogens with zero attached hydrogens (tertiary/aromatic N) is 2. The van der Waals surface area contributed by atoms with Crippen LogP contribution in [0.25, 0.3) is 0 Å². The van der Waals surface area contributed by atoms with Crippen molar-refractivity contribution in [3.05, 3.63) is 93.9 Å². The summed E-state index contributed by atoms with van der Waals surface area (Å²) in [5.41, 5.74) is 1.13. The molecule has 36 heavy (non-hydrogen) atoms. The van der Waals surface area contributed by atoms with Crippen LogP contribution in [0.4, 0.5) is 5.69 Å². The first kappa shape index (κ1) is 27.7. The van der Waals surface area contributed by atoms with Gasteiger partial charge >= 0.3 is 0 Å². The van der Waals surface area contributed by atoms with E-state index < -0.39 is 28.5 Å². The molecule has 10 heteroatoms. The molecule has 0 bridgehead atoms. The SMILES string of the molecule is CCNC(=O)[C@@H](C)N(Cc1ccc(Br)cc1)C(=O)CN(c1ccccc1)S(=O)(=O)c1ccc(Cl)cc1. The lowest BCUT2D eigenvalue weighted by molar-refractivity contribution is -0.139. The molecule has 0 aliphatic rings. The molecule has 3 aromatic carbocycles. The highest BCUT2D eigenvalue weighted by atomic mass is 79.9. The summed E-state index contributed by atoms with van der Waals surface area (Å²) >= 11 is 9.35. The van der Waals surface area contributed by atoms with Crippen LogP contribution in [-0.2, 0) is 26.2 Å². The summed E-state index contributed by atoms with van der Waals surface area (Å²) in [7, 11) is -4.11. The zero-order valence-corrected chi connectivity index (χ0v) is 23.1. The standard InChI is InChI=1S/C26H27BrClN3O4S/c1-3-29-26(33)19(2)30(17-20-9-11-21(27)12-10-20)25(32)18-31(23-7-5-4-6-8-23)36(34,35)24-15-13-22(28)14-16-24/h4-16,19H,3,17-18H2,1-2H3,(H,29,33)/t19-/m1/s1. The minimum absolute atomic E-state index is 0.000197. The van der Waals surface area contributed by atoms with E-state index in [1.807, 2.05) is 24.3 Å². The highest BCUT2D eigenvalue weighted by Gasteiger charge is 2.32. The molecule has 0 aliphatic heterocycles. The Labute approximate surface area is 225 Å². The van der Waals surface area contributed by atoms with Crippen molar-refractivity contribution in [3.63, 3.8) is 0 Å². The minimum atomic E-state index is -4.11. The van der Waals surface area contributed by atoms with Crippen LogP contribution in [0.2, 0.25) is 5.02 Å². The number of amides is 2. The molecule has 1 atom stereocenters. The second kappa shape index (κ2) is 12.4. The first-order valence-corrected chi connectivity index (χ1v) is 13.9. The molecule has 0 aliphatic carbocycles. The van der Waals surface area contributed by atoms with Crippen molar-refractivity contribution in [1.29, 1.82) is 0 Å². The summed E-state index contributed by atoms with van der Waals surface area (Å²) in [4.78, 5) is 27.8. The van der Waals surface area contributed by atoms with Gasteiger partial charge in [0.05, 0.1) is 10.6 Å². The molecule has 0 saturated heterocycles. The summed E-state index contributed by atoms with van der Waals surface area (Å²) in [5, 5.41) is 3.13. The topological polar surface area (TPSA) is 86.8 Å². The Morgan fingerprint density at radius 2 is 1.58 bits per heavy atom. The Bertz CT molecular complexity index is 1290. The van der Waals surface area contributed by atoms with E-state index in [0.29, 0.717) is 17.3 Å². The van der Waals surface area contributed by atoms with Gasteiger partial charge in [0.15, 0.2) is 0 Å². The number of nitrogens with one attached hydrogen (secondary N) is 1. The first-order valence-electron chi connectivity index (χ1n) is 11.3. The summed E-state index contributed by atoms with van der Waals surface area (Å²) in [6.45, 7) is 3.47. The second-order valence-corrected chi connectivity index (χ2v) is 11.2. The van der Waals surface area contributed by atoms with Crippen LogP contribution >= 0.6 is 27.5 Å². The predicted molar refractivity (Wildman–Crippen MR) is 145 cm³/mol. The third kappa shape index (κ3) is 6.87. The maximum absolute atomic E-state index is 13.7. The number of rotatable bonds is 10. The van der Waals surface area contributed by atoms with E-state index in [9.17, 15) is 18.0 Å². The van der Waals surface area contributed by atoms with Crippen LogP contribution in [-0.4, -0.2) is 44.3 Å². The number of likely N-dealkylation sites (N-methyl/N-ethyl adjacent to an activating group) is 1. The molecule has 1 N–H and O–H groups in total. The van der Waals surface area contributed by atoms with Gasteiger partial charge in [-0.25, -0.2) is 8.42 Å². The van der Waals surface area contributed by atoms with Crippen LogP contribution in [0.1, 0.15) is 19.4 Å². The number of sulfonamides is 1. The van der Waals surface area contributed by atoms with Gasteiger partial charge in [0.25, 0.3) is 10.0 Å². The number of para-hydroxylation sites is 1. The number of anilines is 1. The van der Waals surface area contributed by atoms with Crippen LogP contribution in [0.5, 0.6) is 0 Å². The number of benzene rings is 3. The second-order valence-electron chi connectivity index (χ2n) is 8.02. The molecule has 0 unspecified atom stereocenters. The maximum Gasteiger partial charge on any atom is 0.264 e. The Morgan fingerprint density at radius 1 is 0.972 bits per heavy atom. The summed E-state index contributed by atoms with van der Waals surface area (Å²) in [5.74, 6) is -0.840. The van der Waals surface area contributed by atoms with Gasteiger partial charge in [-0.1, -0.05) is 57.9 Å². The number of carbonyl (C=O) groups excluding carboxylic acids is 2. The summed E-state index contributed by atoms with van der Waals surface area (Å²) in [6.07, 6.45) is 0. The molecule has 0 heterocycles. The normalized spacial score (nSPS) is 12.0. The van der Waals surface area contributed by atoms with E-state index in [1.165, 1.54) is 29.2 Å². The molecule has 0 spiro atoms. The molecule has 0 fully saturated rings. The van der Waals surface area contributed by atoms with E-state index in [1.54, 1.807) is 44.2 Å². The van der Waals surface area contributed by atoms with Crippen molar-refractivity contribution < 1.29 is 18.0 Å². The van der Waals surface area contributed by atoms with Crippen molar-refractivity contribution in [2.45, 2.75) is 31.3 Å². The molecule has 3 aromatic rings. The number of hydrogen-bond acceptors (Lipinski definition) is 4. The fourth-order valence-electron chi connectivity index (χ4n) is 3.55. The smallest absolute Gasteiger partial charge is 0.264 e. The lowest BCUT2D eigenvalue weighted by atomic mass is 10.1. The Morgan fingerprint density at radius 3 is 2.17 bits per heavy atom.